The summed E-state index contributed by atoms with van der Waals surface area (Å²) in [5.74, 6) is 0. The van der Waals surface area contributed by atoms with Crippen molar-refractivity contribution in [1.29, 1.82) is 0 Å². The van der Waals surface area contributed by atoms with E-state index in [-0.39, 0.29) is 4.88 Å². The van der Waals surface area contributed by atoms with Gasteiger partial charge in [0.2, 0.25) is 0 Å². The predicted octanol–water partition coefficient (Wildman–Crippen LogP) is 3.73. The minimum Gasteiger partial charge on any atom is -0.380 e. The van der Waals surface area contributed by atoms with Crippen LogP contribution in [-0.2, 0) is 11.8 Å². The van der Waals surface area contributed by atoms with Crippen molar-refractivity contribution >= 4 is 11.3 Å². The molecule has 0 aliphatic carbocycles. The third kappa shape index (κ3) is 2.79. The van der Waals surface area contributed by atoms with Gasteiger partial charge < -0.3 is 5.11 Å². The first-order valence-corrected chi connectivity index (χ1v) is 6.36. The summed E-state index contributed by atoms with van der Waals surface area (Å²) in [5, 5.41) is 9.48. The van der Waals surface area contributed by atoms with E-state index in [9.17, 15) is 18.3 Å². The molecule has 0 saturated carbocycles. The van der Waals surface area contributed by atoms with Crippen LogP contribution in [0.4, 0.5) is 13.2 Å². The van der Waals surface area contributed by atoms with E-state index >= 15 is 0 Å². The lowest BCUT2D eigenvalue weighted by Crippen LogP contribution is -2.21. The Morgan fingerprint density at radius 2 is 1.74 bits per heavy atom. The highest BCUT2D eigenvalue weighted by molar-refractivity contribution is 7.11. The van der Waals surface area contributed by atoms with Gasteiger partial charge in [0, 0.05) is 6.20 Å². The molecule has 102 valence electrons. The first-order chi connectivity index (χ1) is 8.71. The fourth-order valence-corrected chi connectivity index (χ4v) is 2.50. The van der Waals surface area contributed by atoms with Gasteiger partial charge in [-0.15, -0.1) is 11.3 Å². The number of aryl methyl sites for hydroxylation is 1. The number of hydrogen-bond acceptors (Lipinski definition) is 3. The molecule has 0 radical (unpaired) electrons. The largest absolute Gasteiger partial charge is 0.443 e. The van der Waals surface area contributed by atoms with E-state index in [1.165, 1.54) is 6.92 Å². The minimum atomic E-state index is -4.48. The lowest BCUT2D eigenvalue weighted by Gasteiger charge is -2.22. The van der Waals surface area contributed by atoms with E-state index in [0.717, 1.165) is 11.8 Å². The van der Waals surface area contributed by atoms with Crippen molar-refractivity contribution in [3.05, 3.63) is 51.5 Å². The lowest BCUT2D eigenvalue weighted by atomic mass is 9.94. The van der Waals surface area contributed by atoms with Gasteiger partial charge in [-0.2, -0.15) is 13.2 Å². The molecule has 19 heavy (non-hydrogen) atoms. The molecule has 1 heterocycles. The Labute approximate surface area is 112 Å². The molecule has 1 unspecified atom stereocenters. The van der Waals surface area contributed by atoms with E-state index in [1.54, 1.807) is 24.3 Å². The smallest absolute Gasteiger partial charge is 0.380 e. The molecule has 2 nitrogen and oxygen atoms in total. The number of halogens is 3. The standard InChI is InChI=1S/C13H12F3NOS/c1-8-3-5-9(6-4-8)12(2,18)10-7-17-11(19-10)13(14,15)16/h3-7,18H,1-2H3. The highest BCUT2D eigenvalue weighted by Crippen LogP contribution is 2.38. The summed E-state index contributed by atoms with van der Waals surface area (Å²) in [7, 11) is 0. The topological polar surface area (TPSA) is 33.1 Å². The third-order valence-electron chi connectivity index (χ3n) is 2.84. The van der Waals surface area contributed by atoms with E-state index in [0.29, 0.717) is 16.9 Å². The van der Waals surface area contributed by atoms with Crippen LogP contribution in [0.5, 0.6) is 0 Å². The van der Waals surface area contributed by atoms with Gasteiger partial charge in [-0.1, -0.05) is 29.8 Å². The molecule has 2 rings (SSSR count). The molecular formula is C13H12F3NOS. The Kier molecular flexibility index (Phi) is 3.40. The van der Waals surface area contributed by atoms with Crippen LogP contribution in [0.2, 0.25) is 0 Å². The fourth-order valence-electron chi connectivity index (χ4n) is 1.65. The van der Waals surface area contributed by atoms with Crippen molar-refractivity contribution in [3.8, 4) is 0 Å². The first-order valence-electron chi connectivity index (χ1n) is 5.54. The van der Waals surface area contributed by atoms with E-state index < -0.39 is 16.8 Å². The Balaban J connectivity index is 2.39. The fraction of sp³-hybridized carbons (Fsp3) is 0.308. The van der Waals surface area contributed by atoms with Crippen molar-refractivity contribution < 1.29 is 18.3 Å². The molecule has 0 aliphatic rings. The quantitative estimate of drug-likeness (QED) is 0.913. The summed E-state index contributed by atoms with van der Waals surface area (Å²) in [6.07, 6.45) is -3.40. The number of aromatic nitrogens is 1. The maximum absolute atomic E-state index is 12.5. The molecule has 0 aliphatic heterocycles. The van der Waals surface area contributed by atoms with E-state index in [4.69, 9.17) is 0 Å². The zero-order chi connectivity index (χ0) is 14.3. The number of aliphatic hydroxyl groups is 1. The van der Waals surface area contributed by atoms with Crippen LogP contribution in [0.15, 0.2) is 30.5 Å². The van der Waals surface area contributed by atoms with Gasteiger partial charge in [0.25, 0.3) is 0 Å². The molecular weight excluding hydrogens is 275 g/mol. The second-order valence-corrected chi connectivity index (χ2v) is 5.50. The van der Waals surface area contributed by atoms with Crippen LogP contribution in [0.3, 0.4) is 0 Å². The first kappa shape index (κ1) is 14.0. The van der Waals surface area contributed by atoms with Crippen LogP contribution in [-0.4, -0.2) is 10.1 Å². The summed E-state index contributed by atoms with van der Waals surface area (Å²) in [5.41, 5.74) is 0.0739. The van der Waals surface area contributed by atoms with Crippen LogP contribution < -0.4 is 0 Å². The van der Waals surface area contributed by atoms with Gasteiger partial charge in [-0.05, 0) is 19.4 Å². The van der Waals surface area contributed by atoms with Crippen molar-refractivity contribution in [1.82, 2.24) is 4.98 Å². The molecule has 1 aromatic carbocycles. The second kappa shape index (κ2) is 4.61. The van der Waals surface area contributed by atoms with E-state index in [2.05, 4.69) is 4.98 Å². The molecule has 1 N–H and O–H groups in total. The summed E-state index contributed by atoms with van der Waals surface area (Å²) in [4.78, 5) is 3.50. The van der Waals surface area contributed by atoms with Crippen molar-refractivity contribution in [2.75, 3.05) is 0 Å². The van der Waals surface area contributed by atoms with Crippen molar-refractivity contribution in [2.45, 2.75) is 25.6 Å². The number of alkyl halides is 3. The highest BCUT2D eigenvalue weighted by atomic mass is 32.1. The Hall–Kier alpha value is -1.40. The number of nitrogens with zero attached hydrogens (tertiary/aromatic N) is 1. The van der Waals surface area contributed by atoms with E-state index in [1.807, 2.05) is 6.92 Å². The normalized spacial score (nSPS) is 15.3. The summed E-state index contributed by atoms with van der Waals surface area (Å²) in [6, 6.07) is 7.00. The molecule has 2 aromatic rings. The zero-order valence-electron chi connectivity index (χ0n) is 10.3. The van der Waals surface area contributed by atoms with Gasteiger partial charge in [0.05, 0.1) is 4.88 Å². The summed E-state index contributed by atoms with van der Waals surface area (Å²) in [6.45, 7) is 3.36. The SMILES string of the molecule is Cc1ccc(C(C)(O)c2cnc(C(F)(F)F)s2)cc1. The van der Waals surface area contributed by atoms with Crippen LogP contribution in [0.25, 0.3) is 0 Å². The molecule has 1 atom stereocenters. The zero-order valence-corrected chi connectivity index (χ0v) is 11.1. The molecule has 0 amide bonds. The third-order valence-corrected chi connectivity index (χ3v) is 4.09. The van der Waals surface area contributed by atoms with Gasteiger partial charge >= 0.3 is 6.18 Å². The summed E-state index contributed by atoms with van der Waals surface area (Å²) < 4.78 is 37.5. The highest BCUT2D eigenvalue weighted by Gasteiger charge is 2.37. The van der Waals surface area contributed by atoms with Crippen molar-refractivity contribution in [2.24, 2.45) is 0 Å². The van der Waals surface area contributed by atoms with Crippen molar-refractivity contribution in [3.63, 3.8) is 0 Å². The maximum Gasteiger partial charge on any atom is 0.443 e. The minimum absolute atomic E-state index is 0.170. The monoisotopic (exact) mass is 287 g/mol. The molecule has 0 saturated heterocycles. The molecule has 0 spiro atoms. The number of hydrogen-bond donors (Lipinski definition) is 1. The summed E-state index contributed by atoms with van der Waals surface area (Å²) >= 11 is 0.460. The van der Waals surface area contributed by atoms with Gasteiger partial charge in [0.15, 0.2) is 5.01 Å². The van der Waals surface area contributed by atoms with Crippen LogP contribution in [0.1, 0.15) is 27.9 Å². The lowest BCUT2D eigenvalue weighted by molar-refractivity contribution is -0.137. The maximum atomic E-state index is 12.5. The second-order valence-electron chi connectivity index (χ2n) is 4.47. The Bertz CT molecular complexity index is 572. The van der Waals surface area contributed by atoms with Crippen LogP contribution in [0, 0.1) is 6.92 Å². The number of thiazole rings is 1. The van der Waals surface area contributed by atoms with Gasteiger partial charge in [-0.3, -0.25) is 0 Å². The predicted molar refractivity (Wildman–Crippen MR) is 67.0 cm³/mol. The molecule has 0 bridgehead atoms. The average Bonchev–Trinajstić information content (AvgIpc) is 2.79. The molecule has 0 fully saturated rings. The number of rotatable bonds is 2. The molecule has 1 aromatic heterocycles. The van der Waals surface area contributed by atoms with Crippen LogP contribution >= 0.6 is 11.3 Å². The average molecular weight is 287 g/mol. The van der Waals surface area contributed by atoms with Gasteiger partial charge in [0.1, 0.15) is 5.60 Å². The Morgan fingerprint density at radius 3 is 2.21 bits per heavy atom. The van der Waals surface area contributed by atoms with Gasteiger partial charge in [-0.25, -0.2) is 4.98 Å². The molecule has 6 heteroatoms. The Morgan fingerprint density at radius 1 is 1.16 bits per heavy atom. The number of benzene rings is 1.